The van der Waals surface area contributed by atoms with Crippen molar-refractivity contribution in [3.05, 3.63) is 34.9 Å². The van der Waals surface area contributed by atoms with E-state index in [4.69, 9.17) is 27.5 Å². The van der Waals surface area contributed by atoms with Crippen LogP contribution in [0.1, 0.15) is 13.8 Å². The number of pyridine rings is 1. The molecule has 1 aliphatic rings. The fourth-order valence-electron chi connectivity index (χ4n) is 2.79. The first kappa shape index (κ1) is 21.9. The smallest absolute Gasteiger partial charge is 0.413 e. The van der Waals surface area contributed by atoms with E-state index in [-0.39, 0.29) is 24.2 Å². The second kappa shape index (κ2) is 9.32. The summed E-state index contributed by atoms with van der Waals surface area (Å²) >= 11 is 6.08. The third-order valence-electron chi connectivity index (χ3n) is 4.24. The van der Waals surface area contributed by atoms with Crippen molar-refractivity contribution in [1.29, 1.82) is 0 Å². The van der Waals surface area contributed by atoms with Crippen LogP contribution in [0.2, 0.25) is 0 Å². The van der Waals surface area contributed by atoms with Gasteiger partial charge in [-0.15, -0.1) is 11.5 Å². The molecule has 0 unspecified atom stereocenters. The van der Waals surface area contributed by atoms with Crippen molar-refractivity contribution in [2.45, 2.75) is 20.0 Å². The van der Waals surface area contributed by atoms with Crippen LogP contribution >= 0.6 is 11.6 Å². The maximum atomic E-state index is 12.5. The molecule has 0 saturated heterocycles. The van der Waals surface area contributed by atoms with Crippen LogP contribution in [0, 0.1) is 12.3 Å². The zero-order valence-corrected chi connectivity index (χ0v) is 17.7. The zero-order valence-electron chi connectivity index (χ0n) is 17.0. The number of allylic oxidation sites excluding steroid dienone is 2. The van der Waals surface area contributed by atoms with E-state index in [2.05, 4.69) is 31.9 Å². The Kier molecular flexibility index (Phi) is 6.57. The van der Waals surface area contributed by atoms with Gasteiger partial charge in [-0.1, -0.05) is 22.7 Å². The lowest BCUT2D eigenvalue weighted by Crippen LogP contribution is -2.26. The number of aromatic nitrogens is 4. The highest BCUT2D eigenvalue weighted by atomic mass is 35.5. The van der Waals surface area contributed by atoms with Crippen LogP contribution < -0.4 is 15.4 Å². The molecule has 2 aromatic heterocycles. The fourth-order valence-corrected chi connectivity index (χ4v) is 3.00. The van der Waals surface area contributed by atoms with Crippen LogP contribution in [-0.4, -0.2) is 44.7 Å². The van der Waals surface area contributed by atoms with Crippen LogP contribution in [0.15, 0.2) is 34.9 Å². The minimum atomic E-state index is -0.745. The lowest BCUT2D eigenvalue weighted by atomic mass is 10.1. The average molecular weight is 443 g/mol. The molecule has 3 heterocycles. The quantitative estimate of drug-likeness (QED) is 0.539. The number of fused-ring (bicyclic) bond motifs is 1. The van der Waals surface area contributed by atoms with Gasteiger partial charge < -0.3 is 14.8 Å². The first-order valence-corrected chi connectivity index (χ1v) is 9.48. The monoisotopic (exact) mass is 442 g/mol. The number of anilines is 2. The number of nitrogens with zero attached hydrogens (tertiary/aromatic N) is 4. The van der Waals surface area contributed by atoms with Gasteiger partial charge in [0.25, 0.3) is 5.91 Å². The van der Waals surface area contributed by atoms with Gasteiger partial charge in [-0.2, -0.15) is 0 Å². The summed E-state index contributed by atoms with van der Waals surface area (Å²) in [5.41, 5.74) is 1.70. The molecule has 31 heavy (non-hydrogen) atoms. The molecule has 2 amide bonds. The molecule has 0 bridgehead atoms. The number of carbonyl (C=O) groups excluding carboxylic acids is 2. The van der Waals surface area contributed by atoms with E-state index in [1.165, 1.54) is 10.8 Å². The summed E-state index contributed by atoms with van der Waals surface area (Å²) in [6, 6.07) is 3.25. The van der Waals surface area contributed by atoms with E-state index in [9.17, 15) is 9.59 Å². The molecular formula is C20H19ClN6O4. The van der Waals surface area contributed by atoms with Gasteiger partial charge in [0, 0.05) is 17.7 Å². The predicted octanol–water partition coefficient (Wildman–Crippen LogP) is 2.85. The second-order valence-electron chi connectivity index (χ2n) is 6.46. The molecule has 3 rings (SSSR count). The van der Waals surface area contributed by atoms with Crippen LogP contribution in [0.25, 0.3) is 11.4 Å². The van der Waals surface area contributed by atoms with E-state index in [1.54, 1.807) is 39.1 Å². The van der Waals surface area contributed by atoms with Crippen LogP contribution in [0.4, 0.5) is 16.3 Å². The first-order valence-electron chi connectivity index (χ1n) is 9.10. The Morgan fingerprint density at radius 3 is 3.00 bits per heavy atom. The Morgan fingerprint density at radius 1 is 1.52 bits per heavy atom. The number of aryl methyl sites for hydroxylation is 1. The summed E-state index contributed by atoms with van der Waals surface area (Å²) in [6.07, 6.45) is 6.90. The highest BCUT2D eigenvalue weighted by Crippen LogP contribution is 2.31. The van der Waals surface area contributed by atoms with Gasteiger partial charge in [0.1, 0.15) is 11.8 Å². The standard InChI is InChI=1S/C20H19ClN6O4/c1-5-6-7-13(11(2)21)12(3)31-20(29)24-18-17(25-26-27(18)4)14-8-9-15-19(23-14)30-10-16(28)22-15/h1,6-9,12H,10H2,2-4H3,(H,22,28)(H,24,29)/b7-6-,13-11-/t12-/m1/s1. The van der Waals surface area contributed by atoms with E-state index < -0.39 is 12.2 Å². The van der Waals surface area contributed by atoms with Crippen molar-refractivity contribution >= 4 is 35.1 Å². The lowest BCUT2D eigenvalue weighted by Gasteiger charge is -2.17. The number of halogens is 1. The number of hydrogen-bond donors (Lipinski definition) is 2. The van der Waals surface area contributed by atoms with Gasteiger partial charge in [0.15, 0.2) is 18.1 Å². The lowest BCUT2D eigenvalue weighted by molar-refractivity contribution is -0.118. The van der Waals surface area contributed by atoms with Gasteiger partial charge in [0.2, 0.25) is 5.88 Å². The number of rotatable bonds is 5. The van der Waals surface area contributed by atoms with E-state index >= 15 is 0 Å². The summed E-state index contributed by atoms with van der Waals surface area (Å²) in [5.74, 6) is 2.61. The highest BCUT2D eigenvalue weighted by Gasteiger charge is 2.23. The average Bonchev–Trinajstić information content (AvgIpc) is 3.07. The number of amides is 2. The van der Waals surface area contributed by atoms with E-state index in [0.717, 1.165) is 0 Å². The second-order valence-corrected chi connectivity index (χ2v) is 7.02. The molecule has 2 aromatic rings. The first-order chi connectivity index (χ1) is 14.8. The molecule has 2 N–H and O–H groups in total. The fraction of sp³-hybridized carbons (Fsp3) is 0.250. The van der Waals surface area contributed by atoms with Crippen molar-refractivity contribution in [3.8, 4) is 29.6 Å². The molecule has 0 fully saturated rings. The molecule has 160 valence electrons. The molecule has 0 aromatic carbocycles. The summed E-state index contributed by atoms with van der Waals surface area (Å²) in [6.45, 7) is 3.20. The number of terminal acetylenes is 1. The molecule has 0 spiro atoms. The number of hydrogen-bond acceptors (Lipinski definition) is 7. The Bertz CT molecular complexity index is 1130. The molecular weight excluding hydrogens is 424 g/mol. The van der Waals surface area contributed by atoms with E-state index in [0.29, 0.717) is 27.7 Å². The maximum absolute atomic E-state index is 12.5. The van der Waals surface area contributed by atoms with Crippen LogP contribution in [0.3, 0.4) is 0 Å². The SMILES string of the molecule is C#C/C=C\C(=C(/C)Cl)[C@@H](C)OC(=O)Nc1c(-c2ccc3c(n2)OCC(=O)N3)nnn1C. The Balaban J connectivity index is 1.80. The van der Waals surface area contributed by atoms with Gasteiger partial charge in [-0.3, -0.25) is 10.1 Å². The summed E-state index contributed by atoms with van der Waals surface area (Å²) < 4.78 is 12.1. The van der Waals surface area contributed by atoms with Crippen molar-refractivity contribution in [2.24, 2.45) is 7.05 Å². The maximum Gasteiger partial charge on any atom is 0.413 e. The van der Waals surface area contributed by atoms with Crippen LogP contribution in [-0.2, 0) is 16.6 Å². The normalized spacial score (nSPS) is 14.6. The van der Waals surface area contributed by atoms with Crippen molar-refractivity contribution in [3.63, 3.8) is 0 Å². The number of nitrogens with one attached hydrogen (secondary N) is 2. The summed E-state index contributed by atoms with van der Waals surface area (Å²) in [7, 11) is 1.61. The van der Waals surface area contributed by atoms with Gasteiger partial charge in [-0.25, -0.2) is 14.5 Å². The Labute approximate surface area is 183 Å². The van der Waals surface area contributed by atoms with E-state index in [1.807, 2.05) is 0 Å². The zero-order chi connectivity index (χ0) is 22.5. The molecule has 10 nitrogen and oxygen atoms in total. The summed E-state index contributed by atoms with van der Waals surface area (Å²) in [4.78, 5) is 28.3. The van der Waals surface area contributed by atoms with Crippen molar-refractivity contribution in [2.75, 3.05) is 17.2 Å². The van der Waals surface area contributed by atoms with Crippen LogP contribution in [0.5, 0.6) is 5.88 Å². The molecule has 0 radical (unpaired) electrons. The number of carbonyl (C=O) groups is 2. The highest BCUT2D eigenvalue weighted by molar-refractivity contribution is 6.29. The third-order valence-corrected chi connectivity index (χ3v) is 4.46. The topological polar surface area (TPSA) is 120 Å². The van der Waals surface area contributed by atoms with Crippen molar-refractivity contribution in [1.82, 2.24) is 20.0 Å². The minimum Gasteiger partial charge on any atom is -0.466 e. The molecule has 1 aliphatic heterocycles. The van der Waals surface area contributed by atoms with Gasteiger partial charge in [0.05, 0.1) is 5.69 Å². The predicted molar refractivity (Wildman–Crippen MR) is 114 cm³/mol. The van der Waals surface area contributed by atoms with Gasteiger partial charge in [-0.05, 0) is 38.1 Å². The molecule has 11 heteroatoms. The minimum absolute atomic E-state index is 0.136. The molecule has 0 saturated carbocycles. The Hall–Kier alpha value is -3.84. The number of ether oxygens (including phenoxy) is 2. The molecule has 0 aliphatic carbocycles. The van der Waals surface area contributed by atoms with Gasteiger partial charge >= 0.3 is 6.09 Å². The largest absolute Gasteiger partial charge is 0.466 e. The Morgan fingerprint density at radius 2 is 2.29 bits per heavy atom. The third kappa shape index (κ3) is 5.02. The van der Waals surface area contributed by atoms with Crippen molar-refractivity contribution < 1.29 is 19.1 Å². The molecule has 1 atom stereocenters. The summed E-state index contributed by atoms with van der Waals surface area (Å²) in [5, 5.41) is 13.7.